The molecule has 0 amide bonds. The summed E-state index contributed by atoms with van der Waals surface area (Å²) in [7, 11) is 0. The molecule has 4 nitrogen and oxygen atoms in total. The van der Waals surface area contributed by atoms with Crippen molar-refractivity contribution in [1.29, 1.82) is 0 Å². The first kappa shape index (κ1) is 15.0. The molecule has 0 spiro atoms. The van der Waals surface area contributed by atoms with Crippen molar-refractivity contribution in [2.24, 2.45) is 0 Å². The van der Waals surface area contributed by atoms with Crippen molar-refractivity contribution >= 4 is 5.97 Å². The Hall–Kier alpha value is -2.88. The second-order valence-corrected chi connectivity index (χ2v) is 5.51. The Morgan fingerprint density at radius 2 is 1.74 bits per heavy atom. The first-order valence-corrected chi connectivity index (χ1v) is 7.57. The van der Waals surface area contributed by atoms with Gasteiger partial charge in [0.15, 0.2) is 5.69 Å². The Bertz CT molecular complexity index is 831. The summed E-state index contributed by atoms with van der Waals surface area (Å²) in [5.41, 5.74) is 4.22. The number of carboxylic acids is 1. The summed E-state index contributed by atoms with van der Waals surface area (Å²) >= 11 is 0. The summed E-state index contributed by atoms with van der Waals surface area (Å²) in [5.74, 6) is -0.395. The predicted octanol–water partition coefficient (Wildman–Crippen LogP) is 4.11. The normalized spacial score (nSPS) is 10.7. The molecule has 0 aliphatic rings. The molecule has 0 atom stereocenters. The highest BCUT2D eigenvalue weighted by Crippen LogP contribution is 2.24. The van der Waals surface area contributed by atoms with E-state index in [2.05, 4.69) is 24.0 Å². The maximum atomic E-state index is 11.3. The maximum absolute atomic E-state index is 11.3. The molecule has 3 rings (SSSR count). The van der Waals surface area contributed by atoms with Crippen LogP contribution in [0.15, 0.2) is 54.7 Å². The molecule has 0 aliphatic heterocycles. The molecule has 1 aromatic heterocycles. The topological polar surface area (TPSA) is 55.1 Å². The molecular weight excluding hydrogens is 288 g/mol. The fraction of sp³-hybridized carbons (Fsp3) is 0.158. The fourth-order valence-corrected chi connectivity index (χ4v) is 2.48. The number of benzene rings is 2. The molecule has 0 unspecified atom stereocenters. The van der Waals surface area contributed by atoms with Gasteiger partial charge >= 0.3 is 5.97 Å². The summed E-state index contributed by atoms with van der Waals surface area (Å²) in [6, 6.07) is 16.0. The third-order valence-electron chi connectivity index (χ3n) is 3.86. The third-order valence-corrected chi connectivity index (χ3v) is 3.86. The second kappa shape index (κ2) is 6.08. The molecule has 116 valence electrons. The number of hydrogen-bond acceptors (Lipinski definition) is 2. The van der Waals surface area contributed by atoms with E-state index in [1.807, 2.05) is 47.9 Å². The van der Waals surface area contributed by atoms with Crippen LogP contribution in [0, 0.1) is 6.92 Å². The highest BCUT2D eigenvalue weighted by atomic mass is 16.4. The van der Waals surface area contributed by atoms with E-state index < -0.39 is 5.97 Å². The number of carboxylic acid groups (broad SMARTS) is 1. The minimum absolute atomic E-state index is 0.0418. The Morgan fingerprint density at radius 3 is 2.30 bits per heavy atom. The molecule has 23 heavy (non-hydrogen) atoms. The van der Waals surface area contributed by atoms with Crippen LogP contribution >= 0.6 is 0 Å². The lowest BCUT2D eigenvalue weighted by Gasteiger charge is -2.09. The van der Waals surface area contributed by atoms with E-state index in [1.54, 1.807) is 6.20 Å². The van der Waals surface area contributed by atoms with E-state index in [0.717, 1.165) is 23.2 Å². The molecule has 1 heterocycles. The maximum Gasteiger partial charge on any atom is 0.356 e. The van der Waals surface area contributed by atoms with Crippen LogP contribution in [-0.2, 0) is 6.42 Å². The van der Waals surface area contributed by atoms with Crippen molar-refractivity contribution < 1.29 is 9.90 Å². The van der Waals surface area contributed by atoms with Crippen molar-refractivity contribution in [2.75, 3.05) is 0 Å². The molecule has 4 heteroatoms. The Kier molecular flexibility index (Phi) is 3.98. The van der Waals surface area contributed by atoms with Crippen LogP contribution in [0.1, 0.15) is 28.5 Å². The molecule has 1 N–H and O–H groups in total. The Balaban J connectivity index is 2.13. The largest absolute Gasteiger partial charge is 0.476 e. The average Bonchev–Trinajstić information content (AvgIpc) is 3.01. The summed E-state index contributed by atoms with van der Waals surface area (Å²) in [5, 5.41) is 9.27. The molecule has 0 bridgehead atoms. The zero-order valence-corrected chi connectivity index (χ0v) is 13.2. The lowest BCUT2D eigenvalue weighted by atomic mass is 10.1. The van der Waals surface area contributed by atoms with Crippen LogP contribution in [0.2, 0.25) is 0 Å². The monoisotopic (exact) mass is 306 g/mol. The summed E-state index contributed by atoms with van der Waals surface area (Å²) < 4.78 is 1.83. The molecule has 2 aromatic carbocycles. The minimum Gasteiger partial charge on any atom is -0.476 e. The van der Waals surface area contributed by atoms with Crippen LogP contribution < -0.4 is 0 Å². The van der Waals surface area contributed by atoms with E-state index in [0.29, 0.717) is 5.82 Å². The average molecular weight is 306 g/mol. The first-order valence-electron chi connectivity index (χ1n) is 7.57. The Morgan fingerprint density at radius 1 is 1.09 bits per heavy atom. The SMILES string of the molecule is CCc1ccc(-n2cc(C(=O)O)nc2-c2ccc(C)cc2)cc1. The van der Waals surface area contributed by atoms with Crippen LogP contribution in [-0.4, -0.2) is 20.6 Å². The second-order valence-electron chi connectivity index (χ2n) is 5.51. The van der Waals surface area contributed by atoms with Gasteiger partial charge in [0.25, 0.3) is 0 Å². The highest BCUT2D eigenvalue weighted by molar-refractivity contribution is 5.86. The lowest BCUT2D eigenvalue weighted by Crippen LogP contribution is -1.96. The van der Waals surface area contributed by atoms with E-state index >= 15 is 0 Å². The molecule has 0 radical (unpaired) electrons. The van der Waals surface area contributed by atoms with Gasteiger partial charge in [0.1, 0.15) is 5.82 Å². The zero-order chi connectivity index (χ0) is 16.4. The van der Waals surface area contributed by atoms with Crippen molar-refractivity contribution in [3.05, 3.63) is 71.5 Å². The number of carbonyl (C=O) groups is 1. The fourth-order valence-electron chi connectivity index (χ4n) is 2.48. The predicted molar refractivity (Wildman–Crippen MR) is 90.1 cm³/mol. The number of imidazole rings is 1. The molecule has 0 saturated carbocycles. The third kappa shape index (κ3) is 3.01. The van der Waals surface area contributed by atoms with Gasteiger partial charge in [-0.05, 0) is 31.0 Å². The molecule has 0 saturated heterocycles. The summed E-state index contributed by atoms with van der Waals surface area (Å²) in [6.07, 6.45) is 2.54. The number of aromatic nitrogens is 2. The first-order chi connectivity index (χ1) is 11.1. The molecule has 3 aromatic rings. The van der Waals surface area contributed by atoms with E-state index in [4.69, 9.17) is 0 Å². The van der Waals surface area contributed by atoms with Crippen molar-refractivity contribution in [3.63, 3.8) is 0 Å². The zero-order valence-electron chi connectivity index (χ0n) is 13.2. The number of hydrogen-bond donors (Lipinski definition) is 1. The quantitative estimate of drug-likeness (QED) is 0.789. The molecule has 0 aliphatic carbocycles. The number of aromatic carboxylic acids is 1. The molecule has 0 fully saturated rings. The van der Waals surface area contributed by atoms with Gasteiger partial charge in [0.2, 0.25) is 0 Å². The Labute approximate surface area is 135 Å². The van der Waals surface area contributed by atoms with Crippen LogP contribution in [0.4, 0.5) is 0 Å². The van der Waals surface area contributed by atoms with Gasteiger partial charge in [-0.25, -0.2) is 9.78 Å². The van der Waals surface area contributed by atoms with Gasteiger partial charge in [0, 0.05) is 17.4 Å². The van der Waals surface area contributed by atoms with Gasteiger partial charge < -0.3 is 5.11 Å². The van der Waals surface area contributed by atoms with E-state index in [-0.39, 0.29) is 5.69 Å². The van der Waals surface area contributed by atoms with E-state index in [9.17, 15) is 9.90 Å². The van der Waals surface area contributed by atoms with Crippen LogP contribution in [0.3, 0.4) is 0 Å². The highest BCUT2D eigenvalue weighted by Gasteiger charge is 2.15. The van der Waals surface area contributed by atoms with Crippen molar-refractivity contribution in [2.45, 2.75) is 20.3 Å². The van der Waals surface area contributed by atoms with Gasteiger partial charge in [-0.2, -0.15) is 0 Å². The van der Waals surface area contributed by atoms with Crippen LogP contribution in [0.5, 0.6) is 0 Å². The van der Waals surface area contributed by atoms with Gasteiger partial charge in [-0.1, -0.05) is 48.9 Å². The van der Waals surface area contributed by atoms with Crippen molar-refractivity contribution in [3.8, 4) is 17.1 Å². The minimum atomic E-state index is -1.03. The van der Waals surface area contributed by atoms with Gasteiger partial charge in [-0.15, -0.1) is 0 Å². The molecular formula is C19H18N2O2. The summed E-state index contributed by atoms with van der Waals surface area (Å²) in [6.45, 7) is 4.12. The summed E-state index contributed by atoms with van der Waals surface area (Å²) in [4.78, 5) is 15.6. The standard InChI is InChI=1S/C19H18N2O2/c1-3-14-6-10-16(11-7-14)21-12-17(19(22)23)20-18(21)15-8-4-13(2)5-9-15/h4-12H,3H2,1-2H3,(H,22,23). The van der Waals surface area contributed by atoms with E-state index in [1.165, 1.54) is 5.56 Å². The number of aryl methyl sites for hydroxylation is 2. The van der Waals surface area contributed by atoms with Gasteiger partial charge in [0.05, 0.1) is 0 Å². The van der Waals surface area contributed by atoms with Crippen molar-refractivity contribution in [1.82, 2.24) is 9.55 Å². The number of nitrogens with zero attached hydrogens (tertiary/aromatic N) is 2. The lowest BCUT2D eigenvalue weighted by molar-refractivity contribution is 0.0691. The van der Waals surface area contributed by atoms with Gasteiger partial charge in [-0.3, -0.25) is 4.57 Å². The number of rotatable bonds is 4. The smallest absolute Gasteiger partial charge is 0.356 e. The van der Waals surface area contributed by atoms with Crippen LogP contribution in [0.25, 0.3) is 17.1 Å².